The smallest absolute Gasteiger partial charge is 0.306 e. The fourth-order valence-electron chi connectivity index (χ4n) is 2.20. The molecule has 0 N–H and O–H groups in total. The zero-order valence-corrected chi connectivity index (χ0v) is 15.4. The Morgan fingerprint density at radius 1 is 1.17 bits per heavy atom. The third kappa shape index (κ3) is 7.03. The van der Waals surface area contributed by atoms with Gasteiger partial charge in [-0.25, -0.2) is 0 Å². The van der Waals surface area contributed by atoms with Crippen molar-refractivity contribution in [3.05, 3.63) is 29.8 Å². The minimum atomic E-state index is -3.52. The number of benzene rings is 1. The van der Waals surface area contributed by atoms with E-state index in [2.05, 4.69) is 6.92 Å². The lowest BCUT2D eigenvalue weighted by atomic mass is 10.1. The third-order valence-corrected chi connectivity index (χ3v) is 4.05. The highest BCUT2D eigenvalue weighted by atomic mass is 32.2. The van der Waals surface area contributed by atoms with E-state index in [1.165, 1.54) is 0 Å². The highest BCUT2D eigenvalue weighted by Gasteiger charge is 2.20. The van der Waals surface area contributed by atoms with Gasteiger partial charge in [-0.1, -0.05) is 32.9 Å². The Morgan fingerprint density at radius 3 is 2.17 bits per heavy atom. The Hall–Kier alpha value is -1.56. The molecule has 0 aliphatic heterocycles. The normalized spacial score (nSPS) is 13.0. The predicted molar refractivity (Wildman–Crippen MR) is 91.7 cm³/mol. The first-order chi connectivity index (χ1) is 10.6. The molecule has 6 heteroatoms. The van der Waals surface area contributed by atoms with Crippen LogP contribution in [0, 0.1) is 5.92 Å². The van der Waals surface area contributed by atoms with Gasteiger partial charge < -0.3 is 9.08 Å². The van der Waals surface area contributed by atoms with Crippen molar-refractivity contribution < 1.29 is 17.4 Å². The van der Waals surface area contributed by atoms with E-state index in [-0.39, 0.29) is 17.7 Å². The number of carbonyl (C=O) groups excluding carboxylic acids is 1. The Balaban J connectivity index is 2.85. The van der Waals surface area contributed by atoms with Crippen molar-refractivity contribution in [3.8, 4) is 5.75 Å². The van der Waals surface area contributed by atoms with Crippen LogP contribution in [0.25, 0.3) is 0 Å². The van der Waals surface area contributed by atoms with Crippen LogP contribution in [0.5, 0.6) is 5.75 Å². The second kappa shape index (κ2) is 8.34. The minimum absolute atomic E-state index is 0.144. The maximum atomic E-state index is 12.4. The molecular formula is C17H27NO4S. The molecule has 0 fully saturated rings. The maximum absolute atomic E-state index is 12.4. The van der Waals surface area contributed by atoms with E-state index in [0.717, 1.165) is 18.2 Å². The molecule has 0 bridgehead atoms. The average Bonchev–Trinajstić information content (AvgIpc) is 2.43. The minimum Gasteiger partial charge on any atom is -0.383 e. The summed E-state index contributed by atoms with van der Waals surface area (Å²) in [6, 6.07) is 6.96. The Morgan fingerprint density at radius 2 is 1.74 bits per heavy atom. The van der Waals surface area contributed by atoms with E-state index in [1.807, 2.05) is 25.7 Å². The molecule has 0 heterocycles. The van der Waals surface area contributed by atoms with E-state index in [1.54, 1.807) is 24.3 Å². The van der Waals surface area contributed by atoms with Crippen LogP contribution in [0.15, 0.2) is 24.3 Å². The maximum Gasteiger partial charge on any atom is 0.306 e. The van der Waals surface area contributed by atoms with Crippen molar-refractivity contribution in [2.24, 2.45) is 5.92 Å². The second-order valence-electron chi connectivity index (χ2n) is 6.31. The van der Waals surface area contributed by atoms with Gasteiger partial charge >= 0.3 is 10.1 Å². The van der Waals surface area contributed by atoms with Crippen molar-refractivity contribution in [2.45, 2.75) is 53.1 Å². The quantitative estimate of drug-likeness (QED) is 0.681. The molecule has 130 valence electrons. The summed E-state index contributed by atoms with van der Waals surface area (Å²) in [7, 11) is -3.52. The standard InChI is InChI=1S/C17H27NO4S/c1-6-14(4)18(17(19)11-13(2)3)12-15-7-9-16(10-8-15)22-23(5,20)21/h7-10,13-14H,6,11-12H2,1-5H3/t14-/m1/s1. The summed E-state index contributed by atoms with van der Waals surface area (Å²) < 4.78 is 27.0. The molecule has 5 nitrogen and oxygen atoms in total. The van der Waals surface area contributed by atoms with Gasteiger partial charge in [-0.15, -0.1) is 0 Å². The summed E-state index contributed by atoms with van der Waals surface area (Å²) >= 11 is 0. The molecular weight excluding hydrogens is 314 g/mol. The van der Waals surface area contributed by atoms with Crippen LogP contribution < -0.4 is 4.18 Å². The molecule has 0 aliphatic carbocycles. The molecule has 1 aromatic carbocycles. The van der Waals surface area contributed by atoms with Gasteiger partial charge in [0.1, 0.15) is 5.75 Å². The first-order valence-electron chi connectivity index (χ1n) is 7.90. The fraction of sp³-hybridized carbons (Fsp3) is 0.588. The van der Waals surface area contributed by atoms with Gasteiger partial charge in [-0.05, 0) is 37.0 Å². The number of carbonyl (C=O) groups is 1. The summed E-state index contributed by atoms with van der Waals surface area (Å²) in [5.74, 6) is 0.741. The van der Waals surface area contributed by atoms with Crippen LogP contribution in [-0.4, -0.2) is 31.5 Å². The Bertz CT molecular complexity index is 608. The van der Waals surface area contributed by atoms with Crippen molar-refractivity contribution in [3.63, 3.8) is 0 Å². The molecule has 0 unspecified atom stereocenters. The SMILES string of the molecule is CC[C@@H](C)N(Cc1ccc(OS(C)(=O)=O)cc1)C(=O)CC(C)C. The van der Waals surface area contributed by atoms with Gasteiger partial charge in [0, 0.05) is 19.0 Å². The van der Waals surface area contributed by atoms with E-state index >= 15 is 0 Å². The lowest BCUT2D eigenvalue weighted by molar-refractivity contribution is -0.134. The molecule has 1 atom stereocenters. The van der Waals surface area contributed by atoms with Gasteiger partial charge in [0.2, 0.25) is 5.91 Å². The number of rotatable bonds is 8. The van der Waals surface area contributed by atoms with E-state index in [4.69, 9.17) is 4.18 Å². The van der Waals surface area contributed by atoms with Gasteiger partial charge in [-0.3, -0.25) is 4.79 Å². The largest absolute Gasteiger partial charge is 0.383 e. The lowest BCUT2D eigenvalue weighted by Crippen LogP contribution is -2.38. The highest BCUT2D eigenvalue weighted by Crippen LogP contribution is 2.18. The lowest BCUT2D eigenvalue weighted by Gasteiger charge is -2.29. The summed E-state index contributed by atoms with van der Waals surface area (Å²) in [4.78, 5) is 14.3. The Kier molecular flexibility index (Phi) is 7.06. The Labute approximate surface area is 139 Å². The number of amides is 1. The van der Waals surface area contributed by atoms with Crippen molar-refractivity contribution >= 4 is 16.0 Å². The first kappa shape index (κ1) is 19.5. The van der Waals surface area contributed by atoms with Crippen LogP contribution in [0.3, 0.4) is 0 Å². The van der Waals surface area contributed by atoms with E-state index in [9.17, 15) is 13.2 Å². The van der Waals surface area contributed by atoms with Crippen molar-refractivity contribution in [1.82, 2.24) is 4.90 Å². The molecule has 0 spiro atoms. The second-order valence-corrected chi connectivity index (χ2v) is 7.88. The molecule has 23 heavy (non-hydrogen) atoms. The molecule has 0 saturated carbocycles. The van der Waals surface area contributed by atoms with E-state index < -0.39 is 10.1 Å². The number of hydrogen-bond acceptors (Lipinski definition) is 4. The summed E-state index contributed by atoms with van der Waals surface area (Å²) in [6.07, 6.45) is 2.43. The van der Waals surface area contributed by atoms with Gasteiger partial charge in [-0.2, -0.15) is 8.42 Å². The van der Waals surface area contributed by atoms with Crippen LogP contribution in [0.1, 0.15) is 46.1 Å². The zero-order valence-electron chi connectivity index (χ0n) is 14.6. The van der Waals surface area contributed by atoms with Gasteiger partial charge in [0.05, 0.1) is 6.26 Å². The topological polar surface area (TPSA) is 63.7 Å². The highest BCUT2D eigenvalue weighted by molar-refractivity contribution is 7.86. The molecule has 0 saturated heterocycles. The number of nitrogens with zero attached hydrogens (tertiary/aromatic N) is 1. The monoisotopic (exact) mass is 341 g/mol. The molecule has 0 aromatic heterocycles. The molecule has 1 rings (SSSR count). The third-order valence-electron chi connectivity index (χ3n) is 3.55. The fourth-order valence-corrected chi connectivity index (χ4v) is 2.66. The molecule has 1 amide bonds. The van der Waals surface area contributed by atoms with Gasteiger partial charge in [0.25, 0.3) is 0 Å². The van der Waals surface area contributed by atoms with Crippen LogP contribution in [-0.2, 0) is 21.5 Å². The van der Waals surface area contributed by atoms with Gasteiger partial charge in [0.15, 0.2) is 0 Å². The summed E-state index contributed by atoms with van der Waals surface area (Å²) in [5.41, 5.74) is 0.947. The van der Waals surface area contributed by atoms with Crippen molar-refractivity contribution in [2.75, 3.05) is 6.26 Å². The molecule has 0 aliphatic rings. The molecule has 1 aromatic rings. The van der Waals surface area contributed by atoms with Crippen molar-refractivity contribution in [1.29, 1.82) is 0 Å². The zero-order chi connectivity index (χ0) is 17.6. The molecule has 0 radical (unpaired) electrons. The predicted octanol–water partition coefficient (Wildman–Crippen LogP) is 3.20. The average molecular weight is 341 g/mol. The van der Waals surface area contributed by atoms with Crippen LogP contribution in [0.2, 0.25) is 0 Å². The van der Waals surface area contributed by atoms with Crippen LogP contribution >= 0.6 is 0 Å². The first-order valence-corrected chi connectivity index (χ1v) is 9.72. The summed E-state index contributed by atoms with van der Waals surface area (Å²) in [5, 5.41) is 0. The van der Waals surface area contributed by atoms with Crippen LogP contribution in [0.4, 0.5) is 0 Å². The number of hydrogen-bond donors (Lipinski definition) is 0. The summed E-state index contributed by atoms with van der Waals surface area (Å²) in [6.45, 7) is 8.68. The van der Waals surface area contributed by atoms with E-state index in [0.29, 0.717) is 18.9 Å².